The molecule has 1 aliphatic heterocycles. The van der Waals surface area contributed by atoms with Crippen LogP contribution < -0.4 is 5.32 Å². The van der Waals surface area contributed by atoms with Crippen molar-refractivity contribution in [1.82, 2.24) is 15.2 Å². The smallest absolute Gasteiger partial charge is 0.314 e. The number of halogens is 6. The molecule has 2 rings (SSSR count). The summed E-state index contributed by atoms with van der Waals surface area (Å²) in [4.78, 5) is 5.85. The van der Waals surface area contributed by atoms with Gasteiger partial charge in [0.2, 0.25) is 0 Å². The zero-order valence-electron chi connectivity index (χ0n) is 11.1. The maximum absolute atomic E-state index is 12.8. The lowest BCUT2D eigenvalue weighted by atomic mass is 10.0. The molecule has 0 aliphatic carbocycles. The molecule has 0 spiro atoms. The van der Waals surface area contributed by atoms with E-state index in [2.05, 4.69) is 26.2 Å². The number of nitrogens with zero attached hydrogens (tertiary/aromatic N) is 2. The Labute approximate surface area is 142 Å². The largest absolute Gasteiger partial charge is 0.390 e. The van der Waals surface area contributed by atoms with Crippen LogP contribution in [0.15, 0.2) is 22.9 Å². The highest BCUT2D eigenvalue weighted by Crippen LogP contribution is 2.34. The summed E-state index contributed by atoms with van der Waals surface area (Å²) in [6.45, 7) is 2.70. The number of rotatable bonds is 3. The van der Waals surface area contributed by atoms with Crippen LogP contribution in [0.4, 0.5) is 13.2 Å². The summed E-state index contributed by atoms with van der Waals surface area (Å²) in [5.74, 6) is 0. The van der Waals surface area contributed by atoms with E-state index in [1.807, 2.05) is 4.90 Å². The molecule has 1 fully saturated rings. The number of alkyl halides is 3. The minimum absolute atomic E-state index is 0. The molecule has 0 bridgehead atoms. The molecule has 0 aromatic carbocycles. The van der Waals surface area contributed by atoms with E-state index in [4.69, 9.17) is 0 Å². The van der Waals surface area contributed by atoms with Gasteiger partial charge in [-0.1, -0.05) is 0 Å². The summed E-state index contributed by atoms with van der Waals surface area (Å²) < 4.78 is 38.9. The molecule has 0 unspecified atom stereocenters. The fourth-order valence-corrected chi connectivity index (χ4v) is 2.68. The number of aromatic nitrogens is 1. The quantitative estimate of drug-likeness (QED) is 0.772. The van der Waals surface area contributed by atoms with Gasteiger partial charge in [0.15, 0.2) is 0 Å². The van der Waals surface area contributed by atoms with Gasteiger partial charge in [-0.05, 0) is 33.6 Å². The van der Waals surface area contributed by atoms with E-state index in [1.54, 1.807) is 12.1 Å². The molecule has 0 radical (unpaired) electrons. The third-order valence-corrected chi connectivity index (χ3v) is 3.59. The normalized spacial score (nSPS) is 17.5. The van der Waals surface area contributed by atoms with Gasteiger partial charge in [0.25, 0.3) is 0 Å². The predicted octanol–water partition coefficient (Wildman–Crippen LogP) is 3.59. The third-order valence-electron chi connectivity index (χ3n) is 3.15. The predicted molar refractivity (Wildman–Crippen MR) is 84.3 cm³/mol. The van der Waals surface area contributed by atoms with Crippen molar-refractivity contribution in [3.63, 3.8) is 0 Å². The number of pyridine rings is 1. The summed E-state index contributed by atoms with van der Waals surface area (Å²) >= 11 is 3.21. The summed E-state index contributed by atoms with van der Waals surface area (Å²) in [7, 11) is 0. The lowest BCUT2D eigenvalue weighted by molar-refractivity contribution is -0.148. The van der Waals surface area contributed by atoms with E-state index >= 15 is 0 Å². The van der Waals surface area contributed by atoms with E-state index < -0.39 is 18.6 Å². The van der Waals surface area contributed by atoms with Crippen LogP contribution in [-0.2, 0) is 0 Å². The molecule has 2 heterocycles. The lowest BCUT2D eigenvalue weighted by Crippen LogP contribution is -2.46. The summed E-state index contributed by atoms with van der Waals surface area (Å²) in [5.41, 5.74) is 0.654. The summed E-state index contributed by atoms with van der Waals surface area (Å²) in [6.07, 6.45) is -3.47. The molecule has 1 aromatic rings. The van der Waals surface area contributed by atoms with Crippen LogP contribution >= 0.6 is 40.7 Å². The summed E-state index contributed by atoms with van der Waals surface area (Å²) in [5, 5.41) is 3.15. The van der Waals surface area contributed by atoms with Crippen molar-refractivity contribution in [3.8, 4) is 0 Å². The fourth-order valence-electron chi connectivity index (χ4n) is 2.30. The average molecular weight is 411 g/mol. The van der Waals surface area contributed by atoms with Crippen LogP contribution in [-0.4, -0.2) is 42.2 Å². The first kappa shape index (κ1) is 20.9. The second-order valence-corrected chi connectivity index (χ2v) is 5.35. The molecule has 3 nitrogen and oxygen atoms in total. The Morgan fingerprint density at radius 2 is 1.90 bits per heavy atom. The highest BCUT2D eigenvalue weighted by Gasteiger charge is 2.36. The van der Waals surface area contributed by atoms with Gasteiger partial charge in [-0.25, -0.2) is 4.98 Å². The highest BCUT2D eigenvalue weighted by atomic mass is 79.9. The molecule has 9 heteroatoms. The molecule has 1 atom stereocenters. The molecule has 1 aromatic heterocycles. The number of hydrogen-bond donors (Lipinski definition) is 1. The van der Waals surface area contributed by atoms with Crippen LogP contribution in [0.5, 0.6) is 0 Å². The van der Waals surface area contributed by atoms with Gasteiger partial charge in [0.05, 0.1) is 6.42 Å². The maximum Gasteiger partial charge on any atom is 0.390 e. The molecule has 1 N–H and O–H groups in total. The molecular formula is C12H17BrCl2F3N3. The Kier molecular flexibility index (Phi) is 9.11. The van der Waals surface area contributed by atoms with Crippen LogP contribution in [0.25, 0.3) is 0 Å². The first-order valence-electron chi connectivity index (χ1n) is 6.09. The Hall–Kier alpha value is -0.0800. The van der Waals surface area contributed by atoms with Crippen molar-refractivity contribution in [2.45, 2.75) is 18.6 Å². The van der Waals surface area contributed by atoms with Gasteiger partial charge in [0.1, 0.15) is 4.60 Å². The number of nitrogens with one attached hydrogen (secondary N) is 1. The Balaban J connectivity index is 0.00000200. The SMILES string of the molecule is Cl.Cl.FC(F)(F)C[C@@H](c1ccnc(Br)c1)N1CCNCC1. The molecule has 0 amide bonds. The molecule has 122 valence electrons. The van der Waals surface area contributed by atoms with Gasteiger partial charge >= 0.3 is 6.18 Å². The molecular weight excluding hydrogens is 394 g/mol. The maximum atomic E-state index is 12.8. The highest BCUT2D eigenvalue weighted by molar-refractivity contribution is 9.10. The van der Waals surface area contributed by atoms with Gasteiger partial charge in [-0.15, -0.1) is 24.8 Å². The summed E-state index contributed by atoms with van der Waals surface area (Å²) in [6, 6.07) is 2.68. The monoisotopic (exact) mass is 409 g/mol. The van der Waals surface area contributed by atoms with Crippen molar-refractivity contribution in [3.05, 3.63) is 28.5 Å². The van der Waals surface area contributed by atoms with Crippen molar-refractivity contribution in [2.24, 2.45) is 0 Å². The number of hydrogen-bond acceptors (Lipinski definition) is 3. The lowest BCUT2D eigenvalue weighted by Gasteiger charge is -2.35. The van der Waals surface area contributed by atoms with E-state index in [0.717, 1.165) is 13.1 Å². The minimum atomic E-state index is -4.18. The van der Waals surface area contributed by atoms with Crippen LogP contribution in [0.2, 0.25) is 0 Å². The van der Waals surface area contributed by atoms with E-state index in [1.165, 1.54) is 6.20 Å². The minimum Gasteiger partial charge on any atom is -0.314 e. The topological polar surface area (TPSA) is 28.2 Å². The first-order chi connectivity index (χ1) is 8.96. The zero-order chi connectivity index (χ0) is 13.9. The van der Waals surface area contributed by atoms with E-state index in [9.17, 15) is 13.2 Å². The first-order valence-corrected chi connectivity index (χ1v) is 6.88. The van der Waals surface area contributed by atoms with Gasteiger partial charge in [0, 0.05) is 38.4 Å². The molecule has 21 heavy (non-hydrogen) atoms. The van der Waals surface area contributed by atoms with Crippen molar-refractivity contribution >= 4 is 40.7 Å². The molecule has 1 saturated heterocycles. The van der Waals surface area contributed by atoms with Crippen molar-refractivity contribution in [1.29, 1.82) is 0 Å². The second-order valence-electron chi connectivity index (χ2n) is 4.53. The van der Waals surface area contributed by atoms with Crippen molar-refractivity contribution < 1.29 is 13.2 Å². The van der Waals surface area contributed by atoms with Crippen LogP contribution in [0.1, 0.15) is 18.0 Å². The second kappa shape index (κ2) is 9.15. The van der Waals surface area contributed by atoms with E-state index in [0.29, 0.717) is 23.3 Å². The van der Waals surface area contributed by atoms with Gasteiger partial charge in [-0.2, -0.15) is 13.2 Å². The fraction of sp³-hybridized carbons (Fsp3) is 0.583. The van der Waals surface area contributed by atoms with Crippen LogP contribution in [0.3, 0.4) is 0 Å². The zero-order valence-corrected chi connectivity index (χ0v) is 14.3. The Bertz CT molecular complexity index is 428. The average Bonchev–Trinajstić information content (AvgIpc) is 2.36. The van der Waals surface area contributed by atoms with E-state index in [-0.39, 0.29) is 24.8 Å². The Morgan fingerprint density at radius 3 is 2.43 bits per heavy atom. The standard InChI is InChI=1S/C12H15BrF3N3.2ClH/c13-11-7-9(1-2-18-11)10(8-12(14,15)16)19-5-3-17-4-6-19;;/h1-2,7,10,17H,3-6,8H2;2*1H/t10-;;/m0../s1. The van der Waals surface area contributed by atoms with Gasteiger partial charge < -0.3 is 5.32 Å². The Morgan fingerprint density at radius 1 is 1.29 bits per heavy atom. The molecule has 1 aliphatic rings. The van der Waals surface area contributed by atoms with Crippen molar-refractivity contribution in [2.75, 3.05) is 26.2 Å². The van der Waals surface area contributed by atoms with Crippen LogP contribution in [0, 0.1) is 0 Å². The van der Waals surface area contributed by atoms with Gasteiger partial charge in [-0.3, -0.25) is 4.90 Å². The third kappa shape index (κ3) is 6.69. The number of piperazine rings is 1. The molecule has 0 saturated carbocycles.